The van der Waals surface area contributed by atoms with E-state index in [9.17, 15) is 4.79 Å². The van der Waals surface area contributed by atoms with Gasteiger partial charge in [0.25, 0.3) is 0 Å². The molecule has 0 N–H and O–H groups in total. The number of allylic oxidation sites excluding steroid dienone is 1. The third kappa shape index (κ3) is 3.16. The monoisotopic (exact) mass is 422 g/mol. The number of fused-ring (bicyclic) bond motifs is 1. The minimum atomic E-state index is 0.0331. The van der Waals surface area contributed by atoms with Crippen LogP contribution >= 0.6 is 11.6 Å². The molecule has 3 aliphatic rings. The molecular weight excluding hydrogens is 400 g/mol. The summed E-state index contributed by atoms with van der Waals surface area (Å²) >= 11 is 6.84. The fourth-order valence-corrected chi connectivity index (χ4v) is 5.06. The molecule has 30 heavy (non-hydrogen) atoms. The molecule has 1 amide bonds. The van der Waals surface area contributed by atoms with Crippen LogP contribution in [0, 0.1) is 23.2 Å². The van der Waals surface area contributed by atoms with Crippen molar-refractivity contribution in [1.82, 2.24) is 19.7 Å². The third-order valence-corrected chi connectivity index (χ3v) is 6.91. The number of nitriles is 1. The Bertz CT molecular complexity index is 1070. The zero-order valence-electron chi connectivity index (χ0n) is 16.9. The summed E-state index contributed by atoms with van der Waals surface area (Å²) in [6.07, 6.45) is 7.79. The normalized spacial score (nSPS) is 23.2. The van der Waals surface area contributed by atoms with E-state index in [1.807, 2.05) is 36.6 Å². The van der Waals surface area contributed by atoms with Gasteiger partial charge in [-0.05, 0) is 24.5 Å². The minimum Gasteiger partial charge on any atom is -0.367 e. The Balaban J connectivity index is 1.32. The van der Waals surface area contributed by atoms with Crippen LogP contribution in [0.1, 0.15) is 29.7 Å². The highest BCUT2D eigenvalue weighted by atomic mass is 35.5. The predicted molar refractivity (Wildman–Crippen MR) is 114 cm³/mol. The summed E-state index contributed by atoms with van der Waals surface area (Å²) in [6.45, 7) is 2.92. The second kappa shape index (κ2) is 7.44. The topological polar surface area (TPSA) is 78.0 Å². The molecule has 154 valence electrons. The second-order valence-corrected chi connectivity index (χ2v) is 8.71. The zero-order chi connectivity index (χ0) is 20.8. The quantitative estimate of drug-likeness (QED) is 0.759. The minimum absolute atomic E-state index is 0.0331. The molecule has 1 saturated heterocycles. The van der Waals surface area contributed by atoms with E-state index in [0.717, 1.165) is 46.2 Å². The highest BCUT2D eigenvalue weighted by molar-refractivity contribution is 6.54. The van der Waals surface area contributed by atoms with Gasteiger partial charge in [-0.2, -0.15) is 10.4 Å². The number of amides is 1. The van der Waals surface area contributed by atoms with E-state index >= 15 is 0 Å². The van der Waals surface area contributed by atoms with Crippen LogP contribution < -0.4 is 4.90 Å². The van der Waals surface area contributed by atoms with Gasteiger partial charge in [0.05, 0.1) is 23.0 Å². The van der Waals surface area contributed by atoms with Crippen LogP contribution in [0.15, 0.2) is 24.7 Å². The maximum absolute atomic E-state index is 12.7. The van der Waals surface area contributed by atoms with Gasteiger partial charge in [-0.3, -0.25) is 14.5 Å². The highest BCUT2D eigenvalue weighted by Gasteiger charge is 2.38. The number of halogens is 1. The average Bonchev–Trinajstić information content (AvgIpc) is 3.30. The summed E-state index contributed by atoms with van der Waals surface area (Å²) in [5, 5.41) is 14.0. The first-order valence-corrected chi connectivity index (χ1v) is 10.7. The number of carbonyl (C=O) groups is 1. The molecule has 1 saturated carbocycles. The number of pyridine rings is 1. The number of carbonyl (C=O) groups excluding carboxylic acids is 1. The molecule has 3 heterocycles. The number of aryl methyl sites for hydroxylation is 1. The number of piperazine rings is 1. The van der Waals surface area contributed by atoms with Gasteiger partial charge in [0.2, 0.25) is 5.91 Å². The molecule has 0 atom stereocenters. The summed E-state index contributed by atoms with van der Waals surface area (Å²) < 4.78 is 1.78. The van der Waals surface area contributed by atoms with Gasteiger partial charge in [-0.15, -0.1) is 0 Å². The van der Waals surface area contributed by atoms with Crippen molar-refractivity contribution in [2.45, 2.75) is 19.3 Å². The van der Waals surface area contributed by atoms with Gasteiger partial charge in [0.15, 0.2) is 0 Å². The van der Waals surface area contributed by atoms with Crippen LogP contribution in [0.25, 0.3) is 10.6 Å². The van der Waals surface area contributed by atoms with E-state index in [1.54, 1.807) is 4.68 Å². The van der Waals surface area contributed by atoms with E-state index in [4.69, 9.17) is 16.9 Å². The van der Waals surface area contributed by atoms with E-state index in [2.05, 4.69) is 21.1 Å². The molecule has 8 heteroatoms. The molecule has 0 radical (unpaired) electrons. The molecule has 7 nitrogen and oxygen atoms in total. The molecule has 2 aliphatic carbocycles. The number of hydrogen-bond acceptors (Lipinski definition) is 5. The van der Waals surface area contributed by atoms with E-state index in [0.29, 0.717) is 32.4 Å². The Morgan fingerprint density at radius 3 is 2.70 bits per heavy atom. The largest absolute Gasteiger partial charge is 0.367 e. The van der Waals surface area contributed by atoms with Crippen molar-refractivity contribution in [2.75, 3.05) is 31.1 Å². The Hall–Kier alpha value is -2.85. The summed E-state index contributed by atoms with van der Waals surface area (Å²) in [7, 11) is 1.90. The summed E-state index contributed by atoms with van der Waals surface area (Å²) in [5.41, 5.74) is 5.17. The number of anilines is 1. The maximum Gasteiger partial charge on any atom is 0.225 e. The van der Waals surface area contributed by atoms with Gasteiger partial charge in [0, 0.05) is 80.7 Å². The lowest BCUT2D eigenvalue weighted by atomic mass is 9.75. The lowest BCUT2D eigenvalue weighted by Crippen LogP contribution is -2.52. The Kier molecular flexibility index (Phi) is 4.75. The predicted octanol–water partition coefficient (Wildman–Crippen LogP) is 2.68. The molecule has 5 rings (SSSR count). The van der Waals surface area contributed by atoms with Gasteiger partial charge >= 0.3 is 0 Å². The fourth-order valence-electron chi connectivity index (χ4n) is 4.68. The molecular formula is C22H23ClN6O. The molecule has 2 fully saturated rings. The maximum atomic E-state index is 12.7. The molecule has 0 aromatic carbocycles. The van der Waals surface area contributed by atoms with Crippen molar-refractivity contribution in [3.63, 3.8) is 0 Å². The smallest absolute Gasteiger partial charge is 0.225 e. The van der Waals surface area contributed by atoms with Crippen LogP contribution in [-0.2, 0) is 18.3 Å². The van der Waals surface area contributed by atoms with Crippen LogP contribution in [0.5, 0.6) is 0 Å². The standard InChI is InChI=1S/C22H23ClN6O/c1-27-13-16(12-26-27)17-10-18-20(21(17)23)19(2-3-25-18)28-4-6-29(7-5-28)22(30)15-8-14(9-15)11-24/h2-3,12-15H,4-10H2,1H3. The molecule has 0 spiro atoms. The highest BCUT2D eigenvalue weighted by Crippen LogP contribution is 2.44. The van der Waals surface area contributed by atoms with Crippen LogP contribution in [0.2, 0.25) is 0 Å². The summed E-state index contributed by atoms with van der Waals surface area (Å²) in [6, 6.07) is 4.28. The number of hydrogen-bond donors (Lipinski definition) is 0. The van der Waals surface area contributed by atoms with E-state index in [1.165, 1.54) is 0 Å². The van der Waals surface area contributed by atoms with Gasteiger partial charge < -0.3 is 9.80 Å². The van der Waals surface area contributed by atoms with E-state index < -0.39 is 0 Å². The van der Waals surface area contributed by atoms with Crippen molar-refractivity contribution in [1.29, 1.82) is 5.26 Å². The SMILES string of the molecule is Cn1cc(C2=C(Cl)c3c(N4CCN(C(=O)C5CC(C#N)C5)CC4)ccnc3C2)cn1. The Morgan fingerprint density at radius 1 is 1.27 bits per heavy atom. The number of nitrogens with zero attached hydrogens (tertiary/aromatic N) is 6. The Labute approximate surface area is 180 Å². The van der Waals surface area contributed by atoms with Gasteiger partial charge in [0.1, 0.15) is 0 Å². The molecule has 1 aliphatic heterocycles. The number of rotatable bonds is 3. The van der Waals surface area contributed by atoms with Crippen molar-refractivity contribution in [3.05, 3.63) is 41.5 Å². The summed E-state index contributed by atoms with van der Waals surface area (Å²) in [5.74, 6) is 0.297. The van der Waals surface area contributed by atoms with Crippen molar-refractivity contribution < 1.29 is 4.79 Å². The number of aromatic nitrogens is 3. The molecule has 0 unspecified atom stereocenters. The lowest BCUT2D eigenvalue weighted by Gasteiger charge is -2.40. The van der Waals surface area contributed by atoms with Crippen LogP contribution in [0.4, 0.5) is 5.69 Å². The third-order valence-electron chi connectivity index (χ3n) is 6.49. The van der Waals surface area contributed by atoms with Crippen LogP contribution in [-0.4, -0.2) is 51.8 Å². The Morgan fingerprint density at radius 2 is 2.03 bits per heavy atom. The molecule has 0 bridgehead atoms. The lowest BCUT2D eigenvalue weighted by molar-refractivity contribution is -0.139. The van der Waals surface area contributed by atoms with Crippen molar-refractivity contribution in [2.24, 2.45) is 18.9 Å². The van der Waals surface area contributed by atoms with Gasteiger partial charge in [-0.25, -0.2) is 0 Å². The zero-order valence-corrected chi connectivity index (χ0v) is 17.6. The van der Waals surface area contributed by atoms with Crippen molar-refractivity contribution >= 4 is 33.8 Å². The molecule has 2 aromatic rings. The first-order chi connectivity index (χ1) is 14.5. The first kappa shape index (κ1) is 19.1. The fraction of sp³-hybridized carbons (Fsp3) is 0.455. The first-order valence-electron chi connectivity index (χ1n) is 10.3. The summed E-state index contributed by atoms with van der Waals surface area (Å²) in [4.78, 5) is 21.5. The molecule has 2 aromatic heterocycles. The second-order valence-electron chi connectivity index (χ2n) is 8.33. The van der Waals surface area contributed by atoms with Crippen molar-refractivity contribution in [3.8, 4) is 6.07 Å². The van der Waals surface area contributed by atoms with Crippen LogP contribution in [0.3, 0.4) is 0 Å². The van der Waals surface area contributed by atoms with E-state index in [-0.39, 0.29) is 17.7 Å². The van der Waals surface area contributed by atoms with Gasteiger partial charge in [-0.1, -0.05) is 11.6 Å². The average molecular weight is 423 g/mol.